The molecule has 3 heteroatoms. The molecule has 0 aromatic heterocycles. The second kappa shape index (κ2) is 3.63. The van der Waals surface area contributed by atoms with E-state index >= 15 is 0 Å². The standard InChI is InChI=1S/C9H10O2S/c1-6-3-7(2)9(12)4-8(6)11-5-10/h3-5,12H,1-2H3. The molecule has 0 spiro atoms. The van der Waals surface area contributed by atoms with Gasteiger partial charge in [-0.1, -0.05) is 6.07 Å². The fraction of sp³-hybridized carbons (Fsp3) is 0.222. The molecule has 0 N–H and O–H groups in total. The average molecular weight is 182 g/mol. The number of ether oxygens (including phenoxy) is 1. The van der Waals surface area contributed by atoms with Crippen LogP contribution in [0.25, 0.3) is 0 Å². The average Bonchev–Trinajstić information content (AvgIpc) is 2.01. The van der Waals surface area contributed by atoms with Crippen LogP contribution in [-0.4, -0.2) is 6.47 Å². The summed E-state index contributed by atoms with van der Waals surface area (Å²) in [4.78, 5) is 10.9. The highest BCUT2D eigenvalue weighted by molar-refractivity contribution is 7.80. The van der Waals surface area contributed by atoms with E-state index in [1.807, 2.05) is 19.9 Å². The summed E-state index contributed by atoms with van der Waals surface area (Å²) in [6, 6.07) is 3.67. The van der Waals surface area contributed by atoms with Crippen molar-refractivity contribution in [1.29, 1.82) is 0 Å². The zero-order valence-corrected chi connectivity index (χ0v) is 7.89. The maximum atomic E-state index is 10.1. The Bertz CT molecular complexity index is 308. The Labute approximate surface area is 77.0 Å². The third-order valence-corrected chi connectivity index (χ3v) is 2.15. The topological polar surface area (TPSA) is 26.3 Å². The molecule has 0 saturated heterocycles. The molecule has 0 radical (unpaired) electrons. The second-order valence-electron chi connectivity index (χ2n) is 2.62. The van der Waals surface area contributed by atoms with Crippen LogP contribution in [0.1, 0.15) is 11.1 Å². The number of hydrogen-bond acceptors (Lipinski definition) is 3. The van der Waals surface area contributed by atoms with Gasteiger partial charge in [0.1, 0.15) is 5.75 Å². The third-order valence-electron chi connectivity index (χ3n) is 1.67. The summed E-state index contributed by atoms with van der Waals surface area (Å²) in [5.74, 6) is 0.570. The minimum absolute atomic E-state index is 0.422. The Morgan fingerprint density at radius 3 is 2.58 bits per heavy atom. The normalized spacial score (nSPS) is 9.58. The highest BCUT2D eigenvalue weighted by atomic mass is 32.1. The maximum Gasteiger partial charge on any atom is 0.298 e. The molecule has 0 heterocycles. The summed E-state index contributed by atoms with van der Waals surface area (Å²) in [6.45, 7) is 4.27. The van der Waals surface area contributed by atoms with E-state index in [1.54, 1.807) is 6.07 Å². The lowest BCUT2D eigenvalue weighted by Gasteiger charge is -2.05. The Hall–Kier alpha value is -0.960. The third kappa shape index (κ3) is 1.80. The van der Waals surface area contributed by atoms with Crippen LogP contribution in [0.2, 0.25) is 0 Å². The van der Waals surface area contributed by atoms with Crippen molar-refractivity contribution in [3.8, 4) is 5.75 Å². The maximum absolute atomic E-state index is 10.1. The van der Waals surface area contributed by atoms with Gasteiger partial charge in [0.15, 0.2) is 0 Å². The van der Waals surface area contributed by atoms with E-state index in [0.717, 1.165) is 16.0 Å². The summed E-state index contributed by atoms with van der Waals surface area (Å²) in [5.41, 5.74) is 2.02. The lowest BCUT2D eigenvalue weighted by molar-refractivity contribution is -0.120. The van der Waals surface area contributed by atoms with Crippen LogP contribution >= 0.6 is 12.6 Å². The molecular weight excluding hydrogens is 172 g/mol. The van der Waals surface area contributed by atoms with Gasteiger partial charge < -0.3 is 4.74 Å². The van der Waals surface area contributed by atoms with Crippen molar-refractivity contribution < 1.29 is 9.53 Å². The van der Waals surface area contributed by atoms with Crippen LogP contribution in [0, 0.1) is 13.8 Å². The fourth-order valence-corrected chi connectivity index (χ4v) is 1.18. The summed E-state index contributed by atoms with van der Waals surface area (Å²) in [5, 5.41) is 0. The van der Waals surface area contributed by atoms with Gasteiger partial charge in [0, 0.05) is 4.90 Å². The first-order valence-electron chi connectivity index (χ1n) is 3.55. The van der Waals surface area contributed by atoms with E-state index in [0.29, 0.717) is 12.2 Å². The number of carbonyl (C=O) groups excluding carboxylic acids is 1. The molecule has 0 unspecified atom stereocenters. The number of carbonyl (C=O) groups is 1. The number of rotatable bonds is 2. The molecule has 1 aromatic rings. The van der Waals surface area contributed by atoms with Crippen molar-refractivity contribution in [1.82, 2.24) is 0 Å². The van der Waals surface area contributed by atoms with Crippen molar-refractivity contribution in [3.63, 3.8) is 0 Å². The van der Waals surface area contributed by atoms with Crippen LogP contribution in [0.4, 0.5) is 0 Å². The molecule has 0 aliphatic rings. The van der Waals surface area contributed by atoms with E-state index in [1.165, 1.54) is 0 Å². The van der Waals surface area contributed by atoms with Gasteiger partial charge in [-0.05, 0) is 31.0 Å². The van der Waals surface area contributed by atoms with E-state index in [2.05, 4.69) is 12.6 Å². The Balaban J connectivity index is 3.13. The molecule has 0 aliphatic carbocycles. The van der Waals surface area contributed by atoms with Crippen LogP contribution in [-0.2, 0) is 4.79 Å². The molecule has 0 aliphatic heterocycles. The zero-order chi connectivity index (χ0) is 9.14. The van der Waals surface area contributed by atoms with Crippen LogP contribution in [0.3, 0.4) is 0 Å². The Kier molecular flexibility index (Phi) is 2.76. The first kappa shape index (κ1) is 9.13. The van der Waals surface area contributed by atoms with Crippen molar-refractivity contribution in [2.45, 2.75) is 18.7 Å². The van der Waals surface area contributed by atoms with Crippen LogP contribution in [0.5, 0.6) is 5.75 Å². The van der Waals surface area contributed by atoms with Crippen molar-refractivity contribution in [3.05, 3.63) is 23.3 Å². The highest BCUT2D eigenvalue weighted by Gasteiger charge is 2.02. The molecule has 0 bridgehead atoms. The van der Waals surface area contributed by atoms with Gasteiger partial charge in [-0.2, -0.15) is 0 Å². The molecule has 0 atom stereocenters. The number of thiol groups is 1. The molecule has 0 fully saturated rings. The lowest BCUT2D eigenvalue weighted by Crippen LogP contribution is -1.92. The quantitative estimate of drug-likeness (QED) is 0.560. The SMILES string of the molecule is Cc1cc(C)c(OC=O)cc1S. The lowest BCUT2D eigenvalue weighted by atomic mass is 10.1. The molecule has 0 amide bonds. The van der Waals surface area contributed by atoms with Gasteiger partial charge in [0.25, 0.3) is 6.47 Å². The van der Waals surface area contributed by atoms with E-state index < -0.39 is 0 Å². The van der Waals surface area contributed by atoms with Crippen LogP contribution < -0.4 is 4.74 Å². The van der Waals surface area contributed by atoms with Crippen molar-refractivity contribution >= 4 is 19.1 Å². The van der Waals surface area contributed by atoms with Gasteiger partial charge >= 0.3 is 0 Å². The molecule has 1 rings (SSSR count). The van der Waals surface area contributed by atoms with E-state index in [4.69, 9.17) is 4.74 Å². The molecule has 2 nitrogen and oxygen atoms in total. The van der Waals surface area contributed by atoms with Crippen LogP contribution in [0.15, 0.2) is 17.0 Å². The predicted octanol–water partition coefficient (Wildman–Crippen LogP) is 2.13. The van der Waals surface area contributed by atoms with Crippen molar-refractivity contribution in [2.24, 2.45) is 0 Å². The second-order valence-corrected chi connectivity index (χ2v) is 3.10. The van der Waals surface area contributed by atoms with Gasteiger partial charge in [-0.15, -0.1) is 12.6 Å². The molecule has 12 heavy (non-hydrogen) atoms. The minimum Gasteiger partial charge on any atom is -0.428 e. The number of hydrogen-bond donors (Lipinski definition) is 1. The van der Waals surface area contributed by atoms with E-state index in [-0.39, 0.29) is 0 Å². The van der Waals surface area contributed by atoms with E-state index in [9.17, 15) is 4.79 Å². The predicted molar refractivity (Wildman–Crippen MR) is 49.9 cm³/mol. The van der Waals surface area contributed by atoms with Crippen molar-refractivity contribution in [2.75, 3.05) is 0 Å². The molecule has 64 valence electrons. The Morgan fingerprint density at radius 2 is 2.00 bits per heavy atom. The fourth-order valence-electron chi connectivity index (χ4n) is 1.00. The zero-order valence-electron chi connectivity index (χ0n) is 7.00. The summed E-state index contributed by atoms with van der Waals surface area (Å²) >= 11 is 4.21. The largest absolute Gasteiger partial charge is 0.428 e. The molecule has 0 saturated carbocycles. The minimum atomic E-state index is 0.422. The van der Waals surface area contributed by atoms with Gasteiger partial charge in [0.2, 0.25) is 0 Å². The summed E-state index contributed by atoms with van der Waals surface area (Å²) in [6.07, 6.45) is 0. The number of aryl methyl sites for hydroxylation is 2. The Morgan fingerprint density at radius 1 is 1.33 bits per heavy atom. The summed E-state index contributed by atoms with van der Waals surface area (Å²) < 4.78 is 4.74. The summed E-state index contributed by atoms with van der Waals surface area (Å²) in [7, 11) is 0. The van der Waals surface area contributed by atoms with Gasteiger partial charge in [0.05, 0.1) is 0 Å². The first-order chi connectivity index (χ1) is 5.65. The molecular formula is C9H10O2S. The molecule has 1 aromatic carbocycles. The number of benzene rings is 1. The first-order valence-corrected chi connectivity index (χ1v) is 4.00. The highest BCUT2D eigenvalue weighted by Crippen LogP contribution is 2.24. The smallest absolute Gasteiger partial charge is 0.298 e. The monoisotopic (exact) mass is 182 g/mol. The van der Waals surface area contributed by atoms with Gasteiger partial charge in [-0.3, -0.25) is 4.79 Å². The van der Waals surface area contributed by atoms with Gasteiger partial charge in [-0.25, -0.2) is 0 Å².